The van der Waals surface area contributed by atoms with Crippen molar-refractivity contribution < 1.29 is 77.7 Å². The molecule has 0 amide bonds. The number of unbranched alkanes of at least 4 members (excludes halogenated alkanes) is 2. The molecule has 9 nitrogen and oxygen atoms in total. The molecule has 32 heavy (non-hydrogen) atoms. The van der Waals surface area contributed by atoms with E-state index in [-0.39, 0.29) is 6.42 Å². The lowest BCUT2D eigenvalue weighted by molar-refractivity contribution is -0.0586. The van der Waals surface area contributed by atoms with Gasteiger partial charge in [0.05, 0.1) is 6.61 Å². The predicted octanol–water partition coefficient (Wildman–Crippen LogP) is 3.13. The lowest BCUT2D eigenvalue weighted by Gasteiger charge is -2.09. The van der Waals surface area contributed by atoms with Crippen molar-refractivity contribution >= 4 is 30.4 Å². The Balaban J connectivity index is -0.000000441. The Morgan fingerprint density at radius 3 is 1.12 bits per heavy atom. The zero-order chi connectivity index (χ0) is 26.7. The van der Waals surface area contributed by atoms with E-state index in [9.17, 15) is 64.8 Å². The van der Waals surface area contributed by atoms with Crippen molar-refractivity contribution in [3.8, 4) is 0 Å². The summed E-state index contributed by atoms with van der Waals surface area (Å²) in [6, 6.07) is 0. The molecule has 0 fully saturated rings. The number of hydrogen-bond donors (Lipinski definition) is 1. The van der Waals surface area contributed by atoms with Crippen molar-refractivity contribution in [2.75, 3.05) is 13.2 Å². The van der Waals surface area contributed by atoms with Gasteiger partial charge in [-0.2, -0.15) is 64.8 Å². The first-order valence-corrected chi connectivity index (χ1v) is 12.1. The quantitative estimate of drug-likeness (QED) is 0.204. The van der Waals surface area contributed by atoms with Crippen LogP contribution in [0.3, 0.4) is 0 Å². The Bertz CT molecular complexity index is 783. The van der Waals surface area contributed by atoms with Gasteiger partial charge in [-0.15, -0.1) is 3.63 Å². The van der Waals surface area contributed by atoms with Gasteiger partial charge >= 0.3 is 46.9 Å². The Labute approximate surface area is 177 Å². The van der Waals surface area contributed by atoms with Crippen LogP contribution in [0.1, 0.15) is 39.5 Å². The molecule has 0 atom stereocenters. The van der Waals surface area contributed by atoms with Gasteiger partial charge in [0.25, 0.3) is 0 Å². The molecule has 0 rings (SSSR count). The molecule has 198 valence electrons. The molecule has 0 aromatic carbocycles. The summed E-state index contributed by atoms with van der Waals surface area (Å²) in [5, 5.41) is 8.07. The maximum absolute atomic E-state index is 11.5. The maximum atomic E-state index is 11.5. The summed E-state index contributed by atoms with van der Waals surface area (Å²) >= 11 is 0. The van der Waals surface area contributed by atoms with Gasteiger partial charge in [0, 0.05) is 6.61 Å². The van der Waals surface area contributed by atoms with Crippen molar-refractivity contribution in [2.45, 2.75) is 56.1 Å². The van der Waals surface area contributed by atoms with Crippen LogP contribution in [0.5, 0.6) is 0 Å². The highest BCUT2D eigenvalue weighted by molar-refractivity contribution is 8.00. The third kappa shape index (κ3) is 14.3. The molecule has 0 aromatic heterocycles. The zero-order valence-electron chi connectivity index (χ0n) is 16.1. The van der Waals surface area contributed by atoms with Crippen LogP contribution in [-0.2, 0) is 38.2 Å². The molecule has 0 unspecified atom stereocenters. The molecule has 0 heterocycles. The van der Waals surface area contributed by atoms with E-state index in [1.165, 1.54) is 0 Å². The van der Waals surface area contributed by atoms with Gasteiger partial charge < -0.3 is 5.11 Å². The van der Waals surface area contributed by atoms with Crippen LogP contribution in [0.4, 0.5) is 39.5 Å². The molecular weight excluding hydrogens is 543 g/mol. The summed E-state index contributed by atoms with van der Waals surface area (Å²) in [5.41, 5.74) is -17.8. The standard InChI is InChI=1S/C5H9F3O3S.C4H10O.C2F6O5S2/c1-2-3-4-11-12(9,10)5(6,7)8;1-2-3-4-5;3-1(4,5)14(9,10)13-15(11,12)2(6,7)8/h2-4H2,1H3;5H,2-4H2,1H3;. The Morgan fingerprint density at radius 2 is 0.938 bits per heavy atom. The molecule has 0 spiro atoms. The van der Waals surface area contributed by atoms with E-state index >= 15 is 0 Å². The van der Waals surface area contributed by atoms with Crippen molar-refractivity contribution in [1.29, 1.82) is 0 Å². The summed E-state index contributed by atoms with van der Waals surface area (Å²) < 4.78 is 169. The maximum Gasteiger partial charge on any atom is 0.524 e. The minimum Gasteiger partial charge on any atom is -0.396 e. The van der Waals surface area contributed by atoms with Crippen molar-refractivity contribution in [3.63, 3.8) is 0 Å². The number of alkyl halides is 9. The molecule has 1 N–H and O–H groups in total. The van der Waals surface area contributed by atoms with Gasteiger partial charge in [-0.25, -0.2) is 0 Å². The molecule has 0 aromatic rings. The highest BCUT2D eigenvalue weighted by Gasteiger charge is 2.57. The van der Waals surface area contributed by atoms with E-state index in [2.05, 4.69) is 11.1 Å². The fourth-order valence-electron chi connectivity index (χ4n) is 0.733. The molecular formula is C11H19F9O9S3. The van der Waals surface area contributed by atoms with Crippen molar-refractivity contribution in [1.82, 2.24) is 0 Å². The molecule has 0 aliphatic heterocycles. The number of aliphatic hydroxyl groups is 1. The highest BCUT2D eigenvalue weighted by Crippen LogP contribution is 2.32. The third-order valence-electron chi connectivity index (χ3n) is 2.28. The fraction of sp³-hybridized carbons (Fsp3) is 1.00. The number of halogens is 9. The number of rotatable bonds is 8. The van der Waals surface area contributed by atoms with E-state index < -0.39 is 53.5 Å². The average molecular weight is 562 g/mol. The number of hydrogen-bond acceptors (Lipinski definition) is 9. The first-order chi connectivity index (χ1) is 13.9. The molecule has 0 radical (unpaired) electrons. The summed E-state index contributed by atoms with van der Waals surface area (Å²) in [7, 11) is -19.1. The summed E-state index contributed by atoms with van der Waals surface area (Å²) in [4.78, 5) is 0. The highest BCUT2D eigenvalue weighted by atomic mass is 32.3. The van der Waals surface area contributed by atoms with Gasteiger partial charge in [-0.1, -0.05) is 26.7 Å². The lowest BCUT2D eigenvalue weighted by atomic mass is 10.4. The molecule has 0 bridgehead atoms. The van der Waals surface area contributed by atoms with Crippen LogP contribution in [-0.4, -0.2) is 60.1 Å². The van der Waals surface area contributed by atoms with Gasteiger partial charge in [-0.05, 0) is 12.8 Å². The Kier molecular flexibility index (Phi) is 15.3. The van der Waals surface area contributed by atoms with Crippen LogP contribution in [0.2, 0.25) is 0 Å². The zero-order valence-corrected chi connectivity index (χ0v) is 18.5. The van der Waals surface area contributed by atoms with Crippen LogP contribution < -0.4 is 0 Å². The second-order valence-electron chi connectivity index (χ2n) is 5.02. The van der Waals surface area contributed by atoms with Gasteiger partial charge in [-0.3, -0.25) is 4.18 Å². The molecule has 0 aliphatic carbocycles. The van der Waals surface area contributed by atoms with Gasteiger partial charge in [0.15, 0.2) is 0 Å². The largest absolute Gasteiger partial charge is 0.524 e. The first kappa shape index (κ1) is 35.7. The average Bonchev–Trinajstić information content (AvgIpc) is 2.52. The third-order valence-corrected chi connectivity index (χ3v) is 5.89. The van der Waals surface area contributed by atoms with Gasteiger partial charge in [0.1, 0.15) is 0 Å². The second kappa shape index (κ2) is 13.7. The van der Waals surface area contributed by atoms with E-state index in [0.29, 0.717) is 13.0 Å². The second-order valence-corrected chi connectivity index (χ2v) is 9.91. The molecule has 0 saturated heterocycles. The summed E-state index contributed by atoms with van der Waals surface area (Å²) in [5.74, 6) is 0. The van der Waals surface area contributed by atoms with E-state index in [0.717, 1.165) is 12.8 Å². The minimum atomic E-state index is -6.85. The predicted molar refractivity (Wildman–Crippen MR) is 88.9 cm³/mol. The van der Waals surface area contributed by atoms with Crippen LogP contribution in [0.25, 0.3) is 0 Å². The van der Waals surface area contributed by atoms with E-state index in [1.54, 1.807) is 6.92 Å². The van der Waals surface area contributed by atoms with Crippen LogP contribution in [0, 0.1) is 0 Å². The van der Waals surface area contributed by atoms with E-state index in [1.807, 2.05) is 3.63 Å². The summed E-state index contributed by atoms with van der Waals surface area (Å²) in [6.07, 6.45) is 2.90. The summed E-state index contributed by atoms with van der Waals surface area (Å²) in [6.45, 7) is 3.69. The van der Waals surface area contributed by atoms with Crippen LogP contribution >= 0.6 is 0 Å². The monoisotopic (exact) mass is 562 g/mol. The Morgan fingerprint density at radius 1 is 0.625 bits per heavy atom. The first-order valence-electron chi connectivity index (χ1n) is 7.83. The van der Waals surface area contributed by atoms with Crippen LogP contribution in [0.15, 0.2) is 0 Å². The molecule has 21 heteroatoms. The van der Waals surface area contributed by atoms with E-state index in [4.69, 9.17) is 5.11 Å². The lowest BCUT2D eigenvalue weighted by Crippen LogP contribution is -2.34. The topological polar surface area (TPSA) is 141 Å². The SMILES string of the molecule is CCCCO.CCCCOS(=O)(=O)C(F)(F)F.O=S(=O)(OS(=O)(=O)C(F)(F)F)C(F)(F)F. The van der Waals surface area contributed by atoms with Gasteiger partial charge in [0.2, 0.25) is 0 Å². The fourth-order valence-corrected chi connectivity index (χ4v) is 2.76. The Hall–Kier alpha value is -0.900. The van der Waals surface area contributed by atoms with Crippen molar-refractivity contribution in [3.05, 3.63) is 0 Å². The molecule has 0 saturated carbocycles. The smallest absolute Gasteiger partial charge is 0.396 e. The minimum absolute atomic E-state index is 0.287. The number of aliphatic hydroxyl groups excluding tert-OH is 1. The van der Waals surface area contributed by atoms with Crippen molar-refractivity contribution in [2.24, 2.45) is 0 Å². The normalized spacial score (nSPS) is 13.5. The molecule has 0 aliphatic rings.